The van der Waals surface area contributed by atoms with Crippen LogP contribution in [0, 0.1) is 0 Å². The molecule has 3 aliphatic heterocycles. The number of rotatable bonds is 38. The predicted octanol–water partition coefficient (Wildman–Crippen LogP) is 11.5. The van der Waals surface area contributed by atoms with Crippen LogP contribution in [0.2, 0.25) is 30.1 Å². The van der Waals surface area contributed by atoms with E-state index in [0.717, 1.165) is 105 Å². The molecule has 6 aromatic rings. The predicted molar refractivity (Wildman–Crippen MR) is 398 cm³/mol. The molecular weight excluding hydrogens is 1420 g/mol. The smallest absolute Gasteiger partial charge is 0.252 e. The number of carbonyl (C=O) groups is 2. The molecule has 0 saturated heterocycles. The molecule has 0 aromatic heterocycles. The molecule has 2 amide bonds. The standard InChI is InChI=1S/C51H64Cl4N4O10S.C24H32Cl2N2O2/c1-58-30-42(40-26-37(52)28-46(54)44(40)32-58)35-9-7-34(8-10-35)6-3-4-17-66-21-23-68-19-15-56-50(62)48(60)49(61)51(63)57-16-20-69-24-22-67-18-5-25-70(64,65)39-13-11-36(12-14-39)43-31-59(2)33-45-41(43)27-38(53)29-47(45)55;1-28-16-22(21-14-20(25)15-24(26)23(21)17-28)19-7-5-18(6-8-19)4-2-3-10-29-12-13-30-11-9-27/h7-14,26-29,42-43,48-49,60-61H,3-6,15-25,30-33H2,1-2H3,(H,56,62)(H,57,63);5-8,14-15,22H,2-4,9-13,16-17,27H2,1H3/t42?,43?,48-,49-;/m1./s1. The Kier molecular flexibility index (Phi) is 33.9. The zero-order chi connectivity index (χ0) is 71.6. The van der Waals surface area contributed by atoms with E-state index in [1.165, 1.54) is 38.9 Å². The van der Waals surface area contributed by atoms with Crippen molar-refractivity contribution in [3.8, 4) is 0 Å². The van der Waals surface area contributed by atoms with E-state index in [0.29, 0.717) is 83.8 Å². The summed E-state index contributed by atoms with van der Waals surface area (Å²) in [5, 5.41) is 29.2. The number of unbranched alkanes of at least 4 members (excludes halogenated alkanes) is 2. The van der Waals surface area contributed by atoms with Crippen LogP contribution in [0.25, 0.3) is 0 Å². The van der Waals surface area contributed by atoms with Crippen molar-refractivity contribution >= 4 is 91.3 Å². The van der Waals surface area contributed by atoms with Gasteiger partial charge in [0.15, 0.2) is 22.0 Å². The summed E-state index contributed by atoms with van der Waals surface area (Å²) >= 11 is 38.5. The Balaban J connectivity index is 0.000000352. The SMILES string of the molecule is CN1Cc2c(Cl)cc(Cl)cc2C(c2ccc(CCCCOCCOCCN)cc2)C1.CN1Cc2c(Cl)cc(Cl)cc2C(c2ccc(CCCCOCCOCCNC(=O)[C@H](O)[C@@H](O)C(=O)NCCOCCOCCCS(=O)(=O)c3ccc(C4CN(C)Cc5c(Cl)cc(Cl)cc54)cc3)cc2)C1. The van der Waals surface area contributed by atoms with Crippen molar-refractivity contribution in [1.29, 1.82) is 0 Å². The summed E-state index contributed by atoms with van der Waals surface area (Å²) in [6, 6.07) is 36.2. The number of aliphatic hydroxyl groups is 2. The number of benzene rings is 6. The van der Waals surface area contributed by atoms with Crippen molar-refractivity contribution in [1.82, 2.24) is 25.3 Å². The second-order valence-corrected chi connectivity index (χ2v) is 30.3. The lowest BCUT2D eigenvalue weighted by Crippen LogP contribution is -2.50. The van der Waals surface area contributed by atoms with Crippen molar-refractivity contribution in [2.24, 2.45) is 5.73 Å². The lowest BCUT2D eigenvalue weighted by Gasteiger charge is -2.33. The Bertz CT molecular complexity index is 3660. The molecule has 0 saturated carbocycles. The number of halogens is 6. The second-order valence-electron chi connectivity index (χ2n) is 25.7. The van der Waals surface area contributed by atoms with Crippen LogP contribution >= 0.6 is 69.6 Å². The van der Waals surface area contributed by atoms with Gasteiger partial charge in [0.25, 0.3) is 11.8 Å². The van der Waals surface area contributed by atoms with E-state index >= 15 is 0 Å². The first-order valence-corrected chi connectivity index (χ1v) is 38.2. The molecule has 3 unspecified atom stereocenters. The quantitative estimate of drug-likeness (QED) is 0.0227. The number of hydrogen-bond acceptors (Lipinski definition) is 16. The van der Waals surface area contributed by atoms with E-state index in [1.807, 2.05) is 43.4 Å². The van der Waals surface area contributed by atoms with Crippen LogP contribution in [-0.2, 0) is 80.3 Å². The fraction of sp³-hybridized carbons (Fsp3) is 0.493. The molecule has 100 heavy (non-hydrogen) atoms. The van der Waals surface area contributed by atoms with Crippen molar-refractivity contribution in [3.63, 3.8) is 0 Å². The first-order chi connectivity index (χ1) is 48.2. The van der Waals surface area contributed by atoms with E-state index in [2.05, 4.69) is 94.0 Å². The lowest BCUT2D eigenvalue weighted by molar-refractivity contribution is -0.146. The highest BCUT2D eigenvalue weighted by atomic mass is 35.5. The van der Waals surface area contributed by atoms with Gasteiger partial charge >= 0.3 is 0 Å². The number of amides is 2. The van der Waals surface area contributed by atoms with Crippen LogP contribution in [-0.4, -0.2) is 203 Å². The maximum Gasteiger partial charge on any atom is 0.252 e. The molecule has 9 rings (SSSR count). The third kappa shape index (κ3) is 25.1. The van der Waals surface area contributed by atoms with Gasteiger partial charge in [-0.15, -0.1) is 0 Å². The first kappa shape index (κ1) is 81.1. The average molecular weight is 1520 g/mol. The van der Waals surface area contributed by atoms with Gasteiger partial charge in [-0.25, -0.2) is 8.42 Å². The van der Waals surface area contributed by atoms with Gasteiger partial charge in [-0.05, 0) is 176 Å². The van der Waals surface area contributed by atoms with Crippen LogP contribution in [0.1, 0.15) is 111 Å². The summed E-state index contributed by atoms with van der Waals surface area (Å²) in [7, 11) is 2.73. The van der Waals surface area contributed by atoms with Gasteiger partial charge in [-0.2, -0.15) is 0 Å². The van der Waals surface area contributed by atoms with Gasteiger partial charge in [0.2, 0.25) is 0 Å². The normalized spacial score (nSPS) is 17.0. The summed E-state index contributed by atoms with van der Waals surface area (Å²) < 4.78 is 59.1. The molecule has 25 heteroatoms. The van der Waals surface area contributed by atoms with Crippen LogP contribution in [0.15, 0.2) is 114 Å². The number of sulfone groups is 1. The summed E-state index contributed by atoms with van der Waals surface area (Å²) in [5.41, 5.74) is 18.4. The fourth-order valence-electron chi connectivity index (χ4n) is 12.7. The zero-order valence-electron chi connectivity index (χ0n) is 57.4. The number of aryl methyl sites for hydroxylation is 2. The minimum atomic E-state index is -3.53. The Hall–Kier alpha value is -4.53. The molecule has 0 bridgehead atoms. The molecule has 0 aliphatic carbocycles. The van der Waals surface area contributed by atoms with Gasteiger partial charge in [0.1, 0.15) is 0 Å². The number of ether oxygens (including phenoxy) is 6. The minimum Gasteiger partial charge on any atom is -0.380 e. The second kappa shape index (κ2) is 41.8. The van der Waals surface area contributed by atoms with Gasteiger partial charge in [-0.3, -0.25) is 9.59 Å². The number of carbonyl (C=O) groups excluding carboxylic acids is 2. The zero-order valence-corrected chi connectivity index (χ0v) is 62.7. The Morgan fingerprint density at radius 3 is 1.13 bits per heavy atom. The summed E-state index contributed by atoms with van der Waals surface area (Å²) in [5.74, 6) is -1.43. The Labute approximate surface area is 620 Å². The number of nitrogens with zero attached hydrogens (tertiary/aromatic N) is 3. The number of hydrogen-bond donors (Lipinski definition) is 5. The minimum absolute atomic E-state index is 0.00380. The Morgan fingerprint density at radius 1 is 0.460 bits per heavy atom. The highest BCUT2D eigenvalue weighted by molar-refractivity contribution is 7.91. The van der Waals surface area contributed by atoms with Gasteiger partial charge in [-0.1, -0.05) is 130 Å². The van der Waals surface area contributed by atoms with E-state index in [9.17, 15) is 28.2 Å². The number of aliphatic hydroxyl groups excluding tert-OH is 2. The third-order valence-electron chi connectivity index (χ3n) is 17.9. The largest absolute Gasteiger partial charge is 0.380 e. The van der Waals surface area contributed by atoms with Crippen molar-refractivity contribution in [3.05, 3.63) is 201 Å². The van der Waals surface area contributed by atoms with Crippen molar-refractivity contribution in [2.45, 2.75) is 99.4 Å². The average Bonchev–Trinajstić information content (AvgIpc) is 0.793. The number of nitrogens with one attached hydrogen (secondary N) is 2. The first-order valence-electron chi connectivity index (χ1n) is 34.3. The molecule has 0 fully saturated rings. The molecule has 5 atom stereocenters. The molecule has 546 valence electrons. The maximum atomic E-state index is 13.0. The molecule has 6 aromatic carbocycles. The third-order valence-corrected chi connectivity index (χ3v) is 21.4. The monoisotopic (exact) mass is 1510 g/mol. The lowest BCUT2D eigenvalue weighted by atomic mass is 9.84. The maximum absolute atomic E-state index is 13.0. The van der Waals surface area contributed by atoms with Gasteiger partial charge in [0.05, 0.1) is 70.1 Å². The van der Waals surface area contributed by atoms with Crippen molar-refractivity contribution in [2.75, 3.05) is 145 Å². The molecular formula is C75H96Cl6N6O12S. The fourth-order valence-corrected chi connectivity index (χ4v) is 15.7. The molecule has 3 aliphatic rings. The molecule has 3 heterocycles. The Morgan fingerprint density at radius 2 is 0.780 bits per heavy atom. The molecule has 0 radical (unpaired) electrons. The topological polar surface area (TPSA) is 224 Å². The van der Waals surface area contributed by atoms with Crippen LogP contribution in [0.3, 0.4) is 0 Å². The van der Waals surface area contributed by atoms with E-state index in [4.69, 9.17) is 104 Å². The number of nitrogens with two attached hydrogens (primary N) is 1. The van der Waals surface area contributed by atoms with Crippen LogP contribution in [0.4, 0.5) is 0 Å². The molecule has 6 N–H and O–H groups in total. The van der Waals surface area contributed by atoms with Gasteiger partial charge < -0.3 is 69.7 Å². The molecule has 18 nitrogen and oxygen atoms in total. The summed E-state index contributed by atoms with van der Waals surface area (Å²) in [6.45, 7) is 10.4. The van der Waals surface area contributed by atoms with Gasteiger partial charge in [0, 0.05) is 127 Å². The number of likely N-dealkylation sites (N-methyl/N-ethyl adjacent to an activating group) is 3. The summed E-state index contributed by atoms with van der Waals surface area (Å²) in [6.07, 6.45) is 2.37. The van der Waals surface area contributed by atoms with E-state index in [1.54, 1.807) is 18.2 Å². The van der Waals surface area contributed by atoms with Crippen LogP contribution in [0.5, 0.6) is 0 Å². The molecule has 0 spiro atoms. The van der Waals surface area contributed by atoms with E-state index < -0.39 is 33.9 Å². The highest BCUT2D eigenvalue weighted by Gasteiger charge is 2.32. The highest BCUT2D eigenvalue weighted by Crippen LogP contribution is 2.42. The van der Waals surface area contributed by atoms with Crippen molar-refractivity contribution < 1.29 is 56.6 Å². The van der Waals surface area contributed by atoms with Crippen LogP contribution < -0.4 is 16.4 Å². The number of fused-ring (bicyclic) bond motifs is 3. The van der Waals surface area contributed by atoms with E-state index in [-0.39, 0.29) is 75.0 Å². The summed E-state index contributed by atoms with van der Waals surface area (Å²) in [4.78, 5) is 31.6.